The molecule has 1 aliphatic carbocycles. The number of rotatable bonds is 3. The number of carbonyl (C=O) groups excluding carboxylic acids is 1. The Kier molecular flexibility index (Phi) is 4.60. The van der Waals surface area contributed by atoms with Crippen LogP contribution in [0.25, 0.3) is 10.9 Å². The van der Waals surface area contributed by atoms with E-state index in [0.717, 1.165) is 29.9 Å². The summed E-state index contributed by atoms with van der Waals surface area (Å²) in [5.41, 5.74) is 5.18. The summed E-state index contributed by atoms with van der Waals surface area (Å²) >= 11 is 0. The van der Waals surface area contributed by atoms with Gasteiger partial charge in [-0.1, -0.05) is 11.6 Å². The molecule has 2 aromatic carbocycles. The van der Waals surface area contributed by atoms with Crippen molar-refractivity contribution < 1.29 is 18.3 Å². The van der Waals surface area contributed by atoms with E-state index in [1.54, 1.807) is 4.31 Å². The van der Waals surface area contributed by atoms with Gasteiger partial charge in [0.1, 0.15) is 6.09 Å². The molecule has 2 heterocycles. The number of carboxylic acid groups (broad SMARTS) is 1. The lowest BCUT2D eigenvalue weighted by Gasteiger charge is -2.39. The smallest absolute Gasteiger partial charge is 0.243 e. The van der Waals surface area contributed by atoms with Crippen LogP contribution in [-0.2, 0) is 23.0 Å². The van der Waals surface area contributed by atoms with Crippen LogP contribution >= 0.6 is 0 Å². The van der Waals surface area contributed by atoms with Crippen LogP contribution in [0.5, 0.6) is 0 Å². The Morgan fingerprint density at radius 2 is 1.87 bits per heavy atom. The van der Waals surface area contributed by atoms with Crippen molar-refractivity contribution in [3.05, 3.63) is 59.3 Å². The molecule has 0 saturated heterocycles. The second kappa shape index (κ2) is 7.10. The molecule has 0 radical (unpaired) electrons. The largest absolute Gasteiger partial charge is 0.530 e. The van der Waals surface area contributed by atoms with E-state index in [0.29, 0.717) is 18.8 Å². The SMILES string of the molecule is Cc1ccc2c(c1)c1c3n2CCN(S(=O)(=O)c2ccc(N(C)C(=O)[O-])cc2)C3CCC1. The monoisotopic (exact) mass is 438 g/mol. The number of anilines is 1. The van der Waals surface area contributed by atoms with Crippen molar-refractivity contribution >= 4 is 32.7 Å². The number of hydrogen-bond donors (Lipinski definition) is 0. The van der Waals surface area contributed by atoms with E-state index in [1.807, 2.05) is 0 Å². The molecule has 0 N–H and O–H groups in total. The second-order valence-electron chi connectivity index (χ2n) is 8.38. The minimum absolute atomic E-state index is 0.176. The van der Waals surface area contributed by atoms with Crippen LogP contribution in [0.1, 0.15) is 35.7 Å². The molecule has 5 rings (SSSR count). The van der Waals surface area contributed by atoms with Crippen molar-refractivity contribution in [1.82, 2.24) is 8.87 Å². The van der Waals surface area contributed by atoms with Crippen LogP contribution in [0.2, 0.25) is 0 Å². The van der Waals surface area contributed by atoms with E-state index >= 15 is 0 Å². The number of fused-ring (bicyclic) bond motifs is 3. The van der Waals surface area contributed by atoms with E-state index in [9.17, 15) is 18.3 Å². The summed E-state index contributed by atoms with van der Waals surface area (Å²) in [6, 6.07) is 12.2. The number of hydrogen-bond acceptors (Lipinski definition) is 4. The van der Waals surface area contributed by atoms with Crippen molar-refractivity contribution in [2.75, 3.05) is 18.5 Å². The molecule has 0 bridgehead atoms. The number of carbonyl (C=O) groups is 1. The molecule has 162 valence electrons. The van der Waals surface area contributed by atoms with Crippen LogP contribution in [0.3, 0.4) is 0 Å². The summed E-state index contributed by atoms with van der Waals surface area (Å²) in [6.45, 7) is 3.12. The normalized spacial score (nSPS) is 18.7. The molecule has 0 spiro atoms. The fraction of sp³-hybridized carbons (Fsp3) is 0.348. The molecular formula is C23H24N3O4S-. The summed E-state index contributed by atoms with van der Waals surface area (Å²) in [7, 11) is -2.35. The molecule has 0 fully saturated rings. The van der Waals surface area contributed by atoms with Gasteiger partial charge in [0, 0.05) is 42.4 Å². The summed E-state index contributed by atoms with van der Waals surface area (Å²) in [5, 5.41) is 12.3. The average Bonchev–Trinajstić information content (AvgIpc) is 3.08. The number of amides is 1. The van der Waals surface area contributed by atoms with Gasteiger partial charge in [-0.15, -0.1) is 0 Å². The maximum atomic E-state index is 13.6. The first-order valence-electron chi connectivity index (χ1n) is 10.5. The van der Waals surface area contributed by atoms with Crippen LogP contribution in [0, 0.1) is 6.92 Å². The Morgan fingerprint density at radius 1 is 1.13 bits per heavy atom. The van der Waals surface area contributed by atoms with Gasteiger partial charge in [-0.25, -0.2) is 8.42 Å². The Hall–Kier alpha value is -2.84. The highest BCUT2D eigenvalue weighted by Crippen LogP contribution is 2.44. The number of nitrogens with zero attached hydrogens (tertiary/aromatic N) is 3. The highest BCUT2D eigenvalue weighted by molar-refractivity contribution is 7.89. The molecule has 1 amide bonds. The van der Waals surface area contributed by atoms with Crippen molar-refractivity contribution in [3.8, 4) is 0 Å². The average molecular weight is 439 g/mol. The lowest BCUT2D eigenvalue weighted by atomic mass is 9.90. The first-order chi connectivity index (χ1) is 14.8. The standard InChI is InChI=1S/C23H25N3O4S/c1-15-6-11-20-19(14-15)18-4-3-5-21-22(18)25(20)12-13-26(21)31(29,30)17-9-7-16(8-10-17)24(2)23(27)28/h6-11,14,21H,3-5,12-13H2,1-2H3,(H,27,28)/p-1. The van der Waals surface area contributed by atoms with E-state index in [4.69, 9.17) is 0 Å². The van der Waals surface area contributed by atoms with Gasteiger partial charge in [0.25, 0.3) is 0 Å². The minimum atomic E-state index is -3.72. The molecule has 1 aromatic heterocycles. The fourth-order valence-corrected chi connectivity index (χ4v) is 6.67. The molecule has 1 aliphatic heterocycles. The van der Waals surface area contributed by atoms with E-state index in [1.165, 1.54) is 53.3 Å². The van der Waals surface area contributed by atoms with E-state index in [-0.39, 0.29) is 10.9 Å². The first kappa shape index (κ1) is 20.1. The molecule has 8 heteroatoms. The van der Waals surface area contributed by atoms with Crippen LogP contribution in [0.15, 0.2) is 47.4 Å². The third-order valence-corrected chi connectivity index (χ3v) is 8.51. The topological polar surface area (TPSA) is 85.7 Å². The fourth-order valence-electron chi connectivity index (χ4n) is 5.06. The number of aromatic nitrogens is 1. The van der Waals surface area contributed by atoms with Gasteiger partial charge < -0.3 is 19.4 Å². The quantitative estimate of drug-likeness (QED) is 0.629. The van der Waals surface area contributed by atoms with Gasteiger partial charge in [0.15, 0.2) is 0 Å². The highest BCUT2D eigenvalue weighted by Gasteiger charge is 2.40. The Balaban J connectivity index is 1.55. The van der Waals surface area contributed by atoms with Crippen molar-refractivity contribution in [3.63, 3.8) is 0 Å². The van der Waals surface area contributed by atoms with Gasteiger partial charge in [-0.2, -0.15) is 4.31 Å². The van der Waals surface area contributed by atoms with Gasteiger partial charge >= 0.3 is 0 Å². The molecule has 3 aromatic rings. The summed E-state index contributed by atoms with van der Waals surface area (Å²) in [5.74, 6) is 0. The summed E-state index contributed by atoms with van der Waals surface area (Å²) < 4.78 is 31.1. The van der Waals surface area contributed by atoms with E-state index < -0.39 is 16.1 Å². The third kappa shape index (κ3) is 3.04. The Morgan fingerprint density at radius 3 is 2.58 bits per heavy atom. The maximum Gasteiger partial charge on any atom is 0.243 e. The van der Waals surface area contributed by atoms with Crippen molar-refractivity contribution in [2.24, 2.45) is 0 Å². The van der Waals surface area contributed by atoms with Crippen molar-refractivity contribution in [1.29, 1.82) is 0 Å². The van der Waals surface area contributed by atoms with Gasteiger partial charge in [-0.05, 0) is 68.1 Å². The molecule has 31 heavy (non-hydrogen) atoms. The molecular weight excluding hydrogens is 414 g/mol. The minimum Gasteiger partial charge on any atom is -0.530 e. The maximum absolute atomic E-state index is 13.6. The molecule has 7 nitrogen and oxygen atoms in total. The Labute approximate surface area is 181 Å². The first-order valence-corrected chi connectivity index (χ1v) is 11.9. The van der Waals surface area contributed by atoms with Crippen LogP contribution in [-0.4, -0.2) is 37.0 Å². The summed E-state index contributed by atoms with van der Waals surface area (Å²) in [6.07, 6.45) is 1.38. The lowest BCUT2D eigenvalue weighted by Crippen LogP contribution is -2.43. The van der Waals surface area contributed by atoms with Crippen molar-refractivity contribution in [2.45, 2.75) is 43.7 Å². The summed E-state index contributed by atoms with van der Waals surface area (Å²) in [4.78, 5) is 12.2. The number of benzene rings is 2. The predicted molar refractivity (Wildman–Crippen MR) is 116 cm³/mol. The zero-order valence-corrected chi connectivity index (χ0v) is 18.4. The Bertz CT molecular complexity index is 1290. The van der Waals surface area contributed by atoms with Gasteiger partial charge in [-0.3, -0.25) is 0 Å². The van der Waals surface area contributed by atoms with E-state index in [2.05, 4.69) is 29.7 Å². The predicted octanol–water partition coefficient (Wildman–Crippen LogP) is 2.81. The zero-order valence-electron chi connectivity index (χ0n) is 17.5. The third-order valence-electron chi connectivity index (χ3n) is 6.58. The molecule has 2 aliphatic rings. The molecule has 0 saturated carbocycles. The van der Waals surface area contributed by atoms with Crippen LogP contribution in [0.4, 0.5) is 10.5 Å². The van der Waals surface area contributed by atoms with Gasteiger partial charge in [0.05, 0.1) is 10.9 Å². The molecule has 1 atom stereocenters. The second-order valence-corrected chi connectivity index (χ2v) is 10.3. The number of sulfonamides is 1. The zero-order chi connectivity index (χ0) is 21.9. The number of aryl methyl sites for hydroxylation is 2. The molecule has 1 unspecified atom stereocenters. The highest BCUT2D eigenvalue weighted by atomic mass is 32.2. The lowest BCUT2D eigenvalue weighted by molar-refractivity contribution is -0.246. The van der Waals surface area contributed by atoms with Gasteiger partial charge in [0.2, 0.25) is 10.0 Å². The van der Waals surface area contributed by atoms with Crippen LogP contribution < -0.4 is 10.0 Å².